The molecule has 0 saturated carbocycles. The lowest BCUT2D eigenvalue weighted by Crippen LogP contribution is -2.47. The first-order valence-corrected chi connectivity index (χ1v) is 5.92. The smallest absolute Gasteiger partial charge is 0.310 e. The summed E-state index contributed by atoms with van der Waals surface area (Å²) in [4.78, 5) is 22.5. The SMILES string of the molecule is CCC(C)C(N)C(=O)NC1C=CC(C(=O)O)C1. The van der Waals surface area contributed by atoms with Crippen LogP contribution in [-0.4, -0.2) is 29.1 Å². The summed E-state index contributed by atoms with van der Waals surface area (Å²) in [6, 6.07) is -0.740. The van der Waals surface area contributed by atoms with Gasteiger partial charge in [0.15, 0.2) is 0 Å². The highest BCUT2D eigenvalue weighted by atomic mass is 16.4. The molecule has 1 aliphatic carbocycles. The van der Waals surface area contributed by atoms with Crippen LogP contribution in [-0.2, 0) is 9.59 Å². The van der Waals surface area contributed by atoms with Gasteiger partial charge in [-0.1, -0.05) is 32.4 Å². The molecule has 0 heterocycles. The fraction of sp³-hybridized carbons (Fsp3) is 0.667. The zero-order chi connectivity index (χ0) is 13.0. The Morgan fingerprint density at radius 2 is 2.18 bits per heavy atom. The minimum Gasteiger partial charge on any atom is -0.481 e. The summed E-state index contributed by atoms with van der Waals surface area (Å²) < 4.78 is 0. The van der Waals surface area contributed by atoms with Crippen LogP contribution in [0.3, 0.4) is 0 Å². The van der Waals surface area contributed by atoms with Crippen LogP contribution in [0.15, 0.2) is 12.2 Å². The van der Waals surface area contributed by atoms with Gasteiger partial charge in [-0.25, -0.2) is 0 Å². The van der Waals surface area contributed by atoms with E-state index < -0.39 is 17.9 Å². The average molecular weight is 240 g/mol. The van der Waals surface area contributed by atoms with Crippen LogP contribution >= 0.6 is 0 Å². The van der Waals surface area contributed by atoms with Crippen LogP contribution in [0, 0.1) is 11.8 Å². The van der Waals surface area contributed by atoms with Gasteiger partial charge in [-0.15, -0.1) is 0 Å². The maximum absolute atomic E-state index is 11.8. The number of rotatable bonds is 5. The quantitative estimate of drug-likeness (QED) is 0.610. The third-order valence-electron chi connectivity index (χ3n) is 3.29. The Labute approximate surface area is 101 Å². The number of hydrogen-bond donors (Lipinski definition) is 3. The summed E-state index contributed by atoms with van der Waals surface area (Å²) in [5.74, 6) is -1.44. The predicted octanol–water partition coefficient (Wildman–Crippen LogP) is 0.505. The van der Waals surface area contributed by atoms with E-state index in [1.54, 1.807) is 12.2 Å². The molecule has 0 saturated heterocycles. The van der Waals surface area contributed by atoms with Gasteiger partial charge in [0.1, 0.15) is 0 Å². The largest absolute Gasteiger partial charge is 0.481 e. The normalized spacial score (nSPS) is 26.5. The summed E-state index contributed by atoms with van der Waals surface area (Å²) in [6.45, 7) is 3.91. The Morgan fingerprint density at radius 1 is 1.53 bits per heavy atom. The van der Waals surface area contributed by atoms with E-state index >= 15 is 0 Å². The molecule has 0 fully saturated rings. The van der Waals surface area contributed by atoms with Gasteiger partial charge >= 0.3 is 5.97 Å². The maximum Gasteiger partial charge on any atom is 0.310 e. The standard InChI is InChI=1S/C12H20N2O3/c1-3-7(2)10(13)11(15)14-9-5-4-8(6-9)12(16)17/h4-5,7-10H,3,6,13H2,1-2H3,(H,14,15)(H,16,17). The van der Waals surface area contributed by atoms with Crippen LogP contribution in [0.25, 0.3) is 0 Å². The molecule has 0 aromatic heterocycles. The molecule has 1 amide bonds. The summed E-state index contributed by atoms with van der Waals surface area (Å²) >= 11 is 0. The van der Waals surface area contributed by atoms with Crippen molar-refractivity contribution in [3.05, 3.63) is 12.2 Å². The maximum atomic E-state index is 11.8. The fourth-order valence-electron chi connectivity index (χ4n) is 1.78. The van der Waals surface area contributed by atoms with Gasteiger partial charge in [0.25, 0.3) is 0 Å². The lowest BCUT2D eigenvalue weighted by atomic mass is 9.99. The van der Waals surface area contributed by atoms with Crippen LogP contribution < -0.4 is 11.1 Å². The number of carbonyl (C=O) groups excluding carboxylic acids is 1. The van der Waals surface area contributed by atoms with Gasteiger partial charge in [-0.05, 0) is 12.3 Å². The molecule has 0 radical (unpaired) electrons. The molecule has 96 valence electrons. The van der Waals surface area contributed by atoms with Crippen LogP contribution in [0.2, 0.25) is 0 Å². The van der Waals surface area contributed by atoms with Crippen LogP contribution in [0.4, 0.5) is 0 Å². The van der Waals surface area contributed by atoms with Gasteiger partial charge in [0, 0.05) is 6.04 Å². The zero-order valence-corrected chi connectivity index (χ0v) is 10.2. The predicted molar refractivity (Wildman–Crippen MR) is 64.2 cm³/mol. The van der Waals surface area contributed by atoms with Gasteiger partial charge in [0.2, 0.25) is 5.91 Å². The van der Waals surface area contributed by atoms with Gasteiger partial charge in [0.05, 0.1) is 12.0 Å². The van der Waals surface area contributed by atoms with E-state index in [4.69, 9.17) is 10.8 Å². The number of carboxylic acid groups (broad SMARTS) is 1. The first-order valence-electron chi connectivity index (χ1n) is 5.92. The molecule has 4 unspecified atom stereocenters. The molecular weight excluding hydrogens is 220 g/mol. The minimum absolute atomic E-state index is 0.121. The second-order valence-corrected chi connectivity index (χ2v) is 4.59. The van der Waals surface area contributed by atoms with E-state index in [1.165, 1.54) is 0 Å². The number of nitrogens with two attached hydrogens (primary N) is 1. The van der Waals surface area contributed by atoms with Crippen molar-refractivity contribution < 1.29 is 14.7 Å². The molecule has 0 aliphatic heterocycles. The van der Waals surface area contributed by atoms with E-state index in [2.05, 4.69) is 5.32 Å². The molecule has 0 bridgehead atoms. The minimum atomic E-state index is -0.857. The first-order chi connectivity index (χ1) is 7.95. The Balaban J connectivity index is 2.44. The van der Waals surface area contributed by atoms with Crippen molar-refractivity contribution in [2.75, 3.05) is 0 Å². The second-order valence-electron chi connectivity index (χ2n) is 4.59. The van der Waals surface area contributed by atoms with E-state index in [0.717, 1.165) is 6.42 Å². The van der Waals surface area contributed by atoms with Gasteiger partial charge < -0.3 is 16.2 Å². The van der Waals surface area contributed by atoms with E-state index in [9.17, 15) is 9.59 Å². The molecule has 4 N–H and O–H groups in total. The molecule has 17 heavy (non-hydrogen) atoms. The molecule has 0 aromatic carbocycles. The number of aliphatic carboxylic acids is 1. The first kappa shape index (κ1) is 13.7. The highest BCUT2D eigenvalue weighted by molar-refractivity contribution is 5.82. The molecule has 1 aliphatic rings. The van der Waals surface area contributed by atoms with Crippen molar-refractivity contribution in [1.82, 2.24) is 5.32 Å². The molecule has 5 nitrogen and oxygen atoms in total. The van der Waals surface area contributed by atoms with Crippen molar-refractivity contribution in [2.24, 2.45) is 17.6 Å². The Bertz CT molecular complexity index is 328. The summed E-state index contributed by atoms with van der Waals surface area (Å²) in [5.41, 5.74) is 5.79. The molecule has 0 aromatic rings. The number of carbonyl (C=O) groups is 2. The third-order valence-corrected chi connectivity index (χ3v) is 3.29. The van der Waals surface area contributed by atoms with Crippen LogP contribution in [0.1, 0.15) is 26.7 Å². The lowest BCUT2D eigenvalue weighted by molar-refractivity contribution is -0.140. The Hall–Kier alpha value is -1.36. The van der Waals surface area contributed by atoms with Gasteiger partial charge in [-0.3, -0.25) is 9.59 Å². The Morgan fingerprint density at radius 3 is 2.65 bits per heavy atom. The monoisotopic (exact) mass is 240 g/mol. The van der Waals surface area contributed by atoms with Gasteiger partial charge in [-0.2, -0.15) is 0 Å². The van der Waals surface area contributed by atoms with Crippen molar-refractivity contribution in [1.29, 1.82) is 0 Å². The third kappa shape index (κ3) is 3.56. The van der Waals surface area contributed by atoms with E-state index in [0.29, 0.717) is 6.42 Å². The molecular formula is C12H20N2O3. The molecule has 0 spiro atoms. The van der Waals surface area contributed by atoms with Crippen molar-refractivity contribution >= 4 is 11.9 Å². The molecule has 5 heteroatoms. The summed E-state index contributed by atoms with van der Waals surface area (Å²) in [5, 5.41) is 11.6. The highest BCUT2D eigenvalue weighted by Crippen LogP contribution is 2.18. The summed E-state index contributed by atoms with van der Waals surface area (Å²) in [7, 11) is 0. The summed E-state index contributed by atoms with van der Waals surface area (Å²) in [6.07, 6.45) is 4.59. The van der Waals surface area contributed by atoms with E-state index in [-0.39, 0.29) is 17.9 Å². The lowest BCUT2D eigenvalue weighted by Gasteiger charge is -2.20. The number of hydrogen-bond acceptors (Lipinski definition) is 3. The van der Waals surface area contributed by atoms with Crippen molar-refractivity contribution in [2.45, 2.75) is 38.8 Å². The molecule has 1 rings (SSSR count). The average Bonchev–Trinajstić information content (AvgIpc) is 2.75. The Kier molecular flexibility index (Phi) is 4.69. The number of nitrogens with one attached hydrogen (secondary N) is 1. The fourth-order valence-corrected chi connectivity index (χ4v) is 1.78. The zero-order valence-electron chi connectivity index (χ0n) is 10.2. The molecule has 4 atom stereocenters. The topological polar surface area (TPSA) is 92.4 Å². The van der Waals surface area contributed by atoms with Crippen LogP contribution in [0.5, 0.6) is 0 Å². The number of amides is 1. The van der Waals surface area contributed by atoms with E-state index in [1.807, 2.05) is 13.8 Å². The van der Waals surface area contributed by atoms with Crippen molar-refractivity contribution in [3.63, 3.8) is 0 Å². The number of carboxylic acids is 1. The second kappa shape index (κ2) is 5.82. The highest BCUT2D eigenvalue weighted by Gasteiger charge is 2.27. The van der Waals surface area contributed by atoms with Crippen molar-refractivity contribution in [3.8, 4) is 0 Å².